The summed E-state index contributed by atoms with van der Waals surface area (Å²) in [4.78, 5) is 22.5. The molecule has 0 aromatic heterocycles. The number of carboxylic acids is 1. The summed E-state index contributed by atoms with van der Waals surface area (Å²) in [5, 5.41) is 11.2. The number of benzene rings is 1. The van der Waals surface area contributed by atoms with Crippen molar-refractivity contribution in [2.75, 3.05) is 6.54 Å². The number of amides is 1. The molecule has 2 N–H and O–H groups in total. The minimum absolute atomic E-state index is 0.0395. The second-order valence-electron chi connectivity index (χ2n) is 4.49. The predicted octanol–water partition coefficient (Wildman–Crippen LogP) is 2.07. The van der Waals surface area contributed by atoms with Crippen LogP contribution in [-0.4, -0.2) is 23.5 Å². The largest absolute Gasteiger partial charge is 0.481 e. The molecule has 0 saturated heterocycles. The SMILES string of the molecule is O=C(O)CCNC(=O)C1(c2ccc(Br)cc2)CC1. The van der Waals surface area contributed by atoms with Gasteiger partial charge >= 0.3 is 5.97 Å². The zero-order valence-electron chi connectivity index (χ0n) is 9.78. The summed E-state index contributed by atoms with van der Waals surface area (Å²) in [7, 11) is 0. The van der Waals surface area contributed by atoms with E-state index in [1.165, 1.54) is 0 Å². The van der Waals surface area contributed by atoms with Crippen LogP contribution in [0.3, 0.4) is 0 Å². The summed E-state index contributed by atoms with van der Waals surface area (Å²) >= 11 is 3.36. The Morgan fingerprint density at radius 1 is 1.28 bits per heavy atom. The van der Waals surface area contributed by atoms with Crippen LogP contribution in [0.4, 0.5) is 0 Å². The fraction of sp³-hybridized carbons (Fsp3) is 0.385. The van der Waals surface area contributed by atoms with Crippen LogP contribution in [0.15, 0.2) is 28.7 Å². The van der Waals surface area contributed by atoms with E-state index in [0.717, 1.165) is 22.9 Å². The summed E-state index contributed by atoms with van der Waals surface area (Å²) in [5.74, 6) is -0.963. The molecule has 1 fully saturated rings. The summed E-state index contributed by atoms with van der Waals surface area (Å²) in [5.41, 5.74) is 0.567. The van der Waals surface area contributed by atoms with Crippen LogP contribution in [0.25, 0.3) is 0 Å². The van der Waals surface area contributed by atoms with Gasteiger partial charge in [0.1, 0.15) is 0 Å². The average Bonchev–Trinajstić information content (AvgIpc) is 3.10. The highest BCUT2D eigenvalue weighted by Crippen LogP contribution is 2.48. The number of hydrogen-bond acceptors (Lipinski definition) is 2. The van der Waals surface area contributed by atoms with Gasteiger partial charge in [0.05, 0.1) is 11.8 Å². The van der Waals surface area contributed by atoms with Crippen LogP contribution in [0.2, 0.25) is 0 Å². The first-order chi connectivity index (χ1) is 8.54. The fourth-order valence-corrected chi connectivity index (χ4v) is 2.26. The Hall–Kier alpha value is -1.36. The quantitative estimate of drug-likeness (QED) is 0.875. The Morgan fingerprint density at radius 2 is 1.89 bits per heavy atom. The normalized spacial score (nSPS) is 16.1. The number of halogens is 1. The molecule has 4 nitrogen and oxygen atoms in total. The highest BCUT2D eigenvalue weighted by molar-refractivity contribution is 9.10. The third-order valence-electron chi connectivity index (χ3n) is 3.21. The minimum Gasteiger partial charge on any atom is -0.481 e. The van der Waals surface area contributed by atoms with E-state index in [0.29, 0.717) is 0 Å². The Morgan fingerprint density at radius 3 is 2.39 bits per heavy atom. The van der Waals surface area contributed by atoms with Crippen LogP contribution in [0, 0.1) is 0 Å². The Bertz CT molecular complexity index is 466. The van der Waals surface area contributed by atoms with Crippen LogP contribution in [-0.2, 0) is 15.0 Å². The standard InChI is InChI=1S/C13H14BrNO3/c14-10-3-1-9(2-4-10)13(6-7-13)12(18)15-8-5-11(16)17/h1-4H,5-8H2,(H,15,18)(H,16,17). The molecule has 1 amide bonds. The molecule has 0 heterocycles. The van der Waals surface area contributed by atoms with Gasteiger partial charge in [-0.3, -0.25) is 9.59 Å². The topological polar surface area (TPSA) is 66.4 Å². The Balaban J connectivity index is 2.00. The number of rotatable bonds is 5. The molecule has 1 aliphatic carbocycles. The van der Waals surface area contributed by atoms with Crippen LogP contribution in [0.1, 0.15) is 24.8 Å². The van der Waals surface area contributed by atoms with Crippen LogP contribution >= 0.6 is 15.9 Å². The summed E-state index contributed by atoms with van der Waals surface area (Å²) in [6.07, 6.45) is 1.61. The van der Waals surface area contributed by atoms with E-state index in [4.69, 9.17) is 5.11 Å². The lowest BCUT2D eigenvalue weighted by atomic mass is 9.95. The highest BCUT2D eigenvalue weighted by atomic mass is 79.9. The second-order valence-corrected chi connectivity index (χ2v) is 5.40. The molecule has 0 spiro atoms. The number of hydrogen-bond donors (Lipinski definition) is 2. The third-order valence-corrected chi connectivity index (χ3v) is 3.73. The first-order valence-electron chi connectivity index (χ1n) is 5.81. The van der Waals surface area contributed by atoms with E-state index in [1.807, 2.05) is 24.3 Å². The zero-order chi connectivity index (χ0) is 13.2. The number of carbonyl (C=O) groups is 2. The van der Waals surface area contributed by atoms with E-state index < -0.39 is 11.4 Å². The zero-order valence-corrected chi connectivity index (χ0v) is 11.4. The monoisotopic (exact) mass is 311 g/mol. The van der Waals surface area contributed by atoms with Crippen molar-refractivity contribution in [1.29, 1.82) is 0 Å². The van der Waals surface area contributed by atoms with E-state index in [-0.39, 0.29) is 18.9 Å². The molecule has 0 aliphatic heterocycles. The van der Waals surface area contributed by atoms with E-state index >= 15 is 0 Å². The van der Waals surface area contributed by atoms with Gasteiger partial charge in [0, 0.05) is 11.0 Å². The van der Waals surface area contributed by atoms with Gasteiger partial charge in [0.15, 0.2) is 0 Å². The highest BCUT2D eigenvalue weighted by Gasteiger charge is 2.50. The third kappa shape index (κ3) is 2.72. The molecule has 1 aliphatic rings. The summed E-state index contributed by atoms with van der Waals surface area (Å²) < 4.78 is 0.980. The van der Waals surface area contributed by atoms with Gasteiger partial charge in [-0.25, -0.2) is 0 Å². The van der Waals surface area contributed by atoms with Crippen molar-refractivity contribution in [3.05, 3.63) is 34.3 Å². The molecular weight excluding hydrogens is 298 g/mol. The van der Waals surface area contributed by atoms with Crippen molar-refractivity contribution in [3.63, 3.8) is 0 Å². The lowest BCUT2D eigenvalue weighted by Gasteiger charge is -2.15. The van der Waals surface area contributed by atoms with Crippen molar-refractivity contribution in [2.24, 2.45) is 0 Å². The van der Waals surface area contributed by atoms with Gasteiger partial charge in [-0.05, 0) is 30.5 Å². The molecule has 1 aromatic rings. The van der Waals surface area contributed by atoms with Crippen LogP contribution < -0.4 is 5.32 Å². The smallest absolute Gasteiger partial charge is 0.305 e. The van der Waals surface area contributed by atoms with Crippen LogP contribution in [0.5, 0.6) is 0 Å². The van der Waals surface area contributed by atoms with E-state index in [9.17, 15) is 9.59 Å². The van der Waals surface area contributed by atoms with Gasteiger partial charge < -0.3 is 10.4 Å². The number of aliphatic carboxylic acids is 1. The molecule has 1 saturated carbocycles. The van der Waals surface area contributed by atoms with E-state index in [1.54, 1.807) is 0 Å². The van der Waals surface area contributed by atoms with Crippen molar-refractivity contribution in [2.45, 2.75) is 24.7 Å². The predicted molar refractivity (Wildman–Crippen MR) is 70.3 cm³/mol. The number of nitrogens with one attached hydrogen (secondary N) is 1. The van der Waals surface area contributed by atoms with Crippen molar-refractivity contribution >= 4 is 27.8 Å². The van der Waals surface area contributed by atoms with Crippen molar-refractivity contribution < 1.29 is 14.7 Å². The molecule has 5 heteroatoms. The van der Waals surface area contributed by atoms with Crippen molar-refractivity contribution in [3.8, 4) is 0 Å². The van der Waals surface area contributed by atoms with E-state index in [2.05, 4.69) is 21.2 Å². The maximum Gasteiger partial charge on any atom is 0.305 e. The van der Waals surface area contributed by atoms with Gasteiger partial charge in [-0.15, -0.1) is 0 Å². The fourth-order valence-electron chi connectivity index (χ4n) is 1.99. The molecule has 96 valence electrons. The lowest BCUT2D eigenvalue weighted by Crippen LogP contribution is -2.35. The molecule has 0 radical (unpaired) electrons. The first kappa shape index (κ1) is 13.1. The molecule has 1 aromatic carbocycles. The molecule has 2 rings (SSSR count). The van der Waals surface area contributed by atoms with Gasteiger partial charge in [0.2, 0.25) is 5.91 Å². The van der Waals surface area contributed by atoms with Crippen molar-refractivity contribution in [1.82, 2.24) is 5.32 Å². The number of carboxylic acid groups (broad SMARTS) is 1. The molecule has 0 atom stereocenters. The minimum atomic E-state index is -0.899. The van der Waals surface area contributed by atoms with Gasteiger partial charge in [-0.1, -0.05) is 28.1 Å². The molecule has 0 unspecified atom stereocenters. The van der Waals surface area contributed by atoms with Gasteiger partial charge in [0.25, 0.3) is 0 Å². The maximum atomic E-state index is 12.1. The molecular formula is C13H14BrNO3. The summed E-state index contributed by atoms with van der Waals surface area (Å²) in [6.45, 7) is 0.187. The lowest BCUT2D eigenvalue weighted by molar-refractivity contribution is -0.137. The average molecular weight is 312 g/mol. The molecule has 0 bridgehead atoms. The molecule has 18 heavy (non-hydrogen) atoms. The number of carbonyl (C=O) groups excluding carboxylic acids is 1. The van der Waals surface area contributed by atoms with Gasteiger partial charge in [-0.2, -0.15) is 0 Å². The second kappa shape index (κ2) is 5.10. The summed E-state index contributed by atoms with van der Waals surface area (Å²) in [6, 6.07) is 7.71. The Kier molecular flexibility index (Phi) is 3.71. The Labute approximate surface area is 114 Å². The first-order valence-corrected chi connectivity index (χ1v) is 6.60. The maximum absolute atomic E-state index is 12.1.